The van der Waals surface area contributed by atoms with Crippen LogP contribution in [-0.4, -0.2) is 19.1 Å². The van der Waals surface area contributed by atoms with Gasteiger partial charge in [0.25, 0.3) is 5.56 Å². The van der Waals surface area contributed by atoms with Crippen LogP contribution in [0.3, 0.4) is 0 Å². The minimum Gasteiger partial charge on any atom is -0.492 e. The first kappa shape index (κ1) is 13.4. The highest BCUT2D eigenvalue weighted by Crippen LogP contribution is 2.21. The molecule has 2 aromatic carbocycles. The number of para-hydroxylation sites is 2. The zero-order chi connectivity index (χ0) is 16.1. The summed E-state index contributed by atoms with van der Waals surface area (Å²) in [6.07, 6.45) is 0. The predicted octanol–water partition coefficient (Wildman–Crippen LogP) is 1.95. The number of hydrogen-bond acceptors (Lipinski definition) is 3. The molecule has 4 aromatic rings. The van der Waals surface area contributed by atoms with E-state index in [0.717, 1.165) is 10.1 Å². The summed E-state index contributed by atoms with van der Waals surface area (Å²) in [7, 11) is 0. The average Bonchev–Trinajstić information content (AvgIpc) is 2.81. The van der Waals surface area contributed by atoms with Crippen LogP contribution in [0, 0.1) is 6.92 Å². The van der Waals surface area contributed by atoms with Crippen LogP contribution >= 0.6 is 0 Å². The molecule has 0 spiro atoms. The summed E-state index contributed by atoms with van der Waals surface area (Å²) in [6, 6.07) is 14.1. The SMILES string of the molecule is Cc1ccc(-n2c(O)c3c(=O)[nH]c4ccccc4n3c2=O)cc1. The third kappa shape index (κ3) is 1.81. The third-order valence-corrected chi connectivity index (χ3v) is 3.93. The zero-order valence-corrected chi connectivity index (χ0v) is 12.3. The van der Waals surface area contributed by atoms with E-state index in [0.29, 0.717) is 16.7 Å². The number of benzene rings is 2. The summed E-state index contributed by atoms with van der Waals surface area (Å²) >= 11 is 0. The van der Waals surface area contributed by atoms with Crippen LogP contribution < -0.4 is 11.2 Å². The van der Waals surface area contributed by atoms with Crippen molar-refractivity contribution in [2.75, 3.05) is 0 Å². The molecular weight excluding hydrogens is 294 g/mol. The average molecular weight is 307 g/mol. The van der Waals surface area contributed by atoms with Gasteiger partial charge in [-0.3, -0.25) is 4.79 Å². The van der Waals surface area contributed by atoms with Gasteiger partial charge in [-0.2, -0.15) is 0 Å². The molecule has 0 bridgehead atoms. The van der Waals surface area contributed by atoms with Gasteiger partial charge in [0.05, 0.1) is 16.7 Å². The molecule has 2 aromatic heterocycles. The lowest BCUT2D eigenvalue weighted by Crippen LogP contribution is -2.21. The highest BCUT2D eigenvalue weighted by atomic mass is 16.3. The molecule has 0 radical (unpaired) electrons. The van der Waals surface area contributed by atoms with E-state index in [2.05, 4.69) is 4.98 Å². The molecule has 114 valence electrons. The lowest BCUT2D eigenvalue weighted by atomic mass is 10.2. The minimum absolute atomic E-state index is 0.0609. The number of imidazole rings is 1. The Bertz CT molecular complexity index is 1160. The standard InChI is InChI=1S/C17H13N3O3/c1-10-6-8-11(9-7-10)19-16(22)14-15(21)18-12-4-2-3-5-13(12)20(14)17(19)23/h2-9,22H,1H3,(H,18,21). The number of aromatic amines is 1. The zero-order valence-electron chi connectivity index (χ0n) is 12.3. The van der Waals surface area contributed by atoms with Crippen molar-refractivity contribution in [1.29, 1.82) is 0 Å². The van der Waals surface area contributed by atoms with E-state index in [1.54, 1.807) is 36.4 Å². The quantitative estimate of drug-likeness (QED) is 0.564. The number of H-pyrrole nitrogens is 1. The maximum Gasteiger partial charge on any atom is 0.341 e. The summed E-state index contributed by atoms with van der Waals surface area (Å²) in [5.74, 6) is -0.370. The Morgan fingerprint density at radius 3 is 2.43 bits per heavy atom. The van der Waals surface area contributed by atoms with Crippen LogP contribution in [0.4, 0.5) is 0 Å². The molecule has 0 fully saturated rings. The fourth-order valence-electron chi connectivity index (χ4n) is 2.80. The molecule has 0 aliphatic carbocycles. The maximum atomic E-state index is 12.8. The number of hydrogen-bond donors (Lipinski definition) is 2. The topological polar surface area (TPSA) is 79.5 Å². The summed E-state index contributed by atoms with van der Waals surface area (Å²) in [4.78, 5) is 27.8. The summed E-state index contributed by atoms with van der Waals surface area (Å²) in [6.45, 7) is 1.93. The number of fused-ring (bicyclic) bond motifs is 3. The van der Waals surface area contributed by atoms with Gasteiger partial charge in [0.2, 0.25) is 5.88 Å². The van der Waals surface area contributed by atoms with Crippen molar-refractivity contribution < 1.29 is 5.11 Å². The second kappa shape index (κ2) is 4.61. The fraction of sp³-hybridized carbons (Fsp3) is 0.0588. The Labute approximate surface area is 129 Å². The van der Waals surface area contributed by atoms with Gasteiger partial charge < -0.3 is 10.1 Å². The molecule has 0 aliphatic rings. The summed E-state index contributed by atoms with van der Waals surface area (Å²) in [5, 5.41) is 10.5. The normalized spacial score (nSPS) is 11.3. The predicted molar refractivity (Wildman–Crippen MR) is 87.5 cm³/mol. The fourth-order valence-corrected chi connectivity index (χ4v) is 2.80. The van der Waals surface area contributed by atoms with Gasteiger partial charge >= 0.3 is 5.69 Å². The maximum absolute atomic E-state index is 12.8. The number of aromatic hydroxyl groups is 1. The van der Waals surface area contributed by atoms with E-state index in [4.69, 9.17) is 0 Å². The van der Waals surface area contributed by atoms with Gasteiger partial charge in [-0.15, -0.1) is 0 Å². The second-order valence-electron chi connectivity index (χ2n) is 5.43. The van der Waals surface area contributed by atoms with Crippen LogP contribution in [0.15, 0.2) is 58.1 Å². The van der Waals surface area contributed by atoms with E-state index in [9.17, 15) is 14.7 Å². The number of nitrogens with one attached hydrogen (secondary N) is 1. The molecular formula is C17H13N3O3. The van der Waals surface area contributed by atoms with E-state index in [-0.39, 0.29) is 11.4 Å². The van der Waals surface area contributed by atoms with Crippen molar-refractivity contribution in [1.82, 2.24) is 14.0 Å². The van der Waals surface area contributed by atoms with E-state index >= 15 is 0 Å². The Balaban J connectivity index is 2.22. The summed E-state index contributed by atoms with van der Waals surface area (Å²) in [5.41, 5.74) is 1.56. The molecule has 0 atom stereocenters. The van der Waals surface area contributed by atoms with E-state index in [1.807, 2.05) is 19.1 Å². The molecule has 6 heteroatoms. The van der Waals surface area contributed by atoms with Gasteiger partial charge in [-0.05, 0) is 31.2 Å². The van der Waals surface area contributed by atoms with Crippen molar-refractivity contribution in [2.24, 2.45) is 0 Å². The molecule has 4 rings (SSSR count). The van der Waals surface area contributed by atoms with Crippen LogP contribution in [0.1, 0.15) is 5.56 Å². The number of aryl methyl sites for hydroxylation is 1. The van der Waals surface area contributed by atoms with Crippen molar-refractivity contribution in [2.45, 2.75) is 6.92 Å². The molecule has 2 N–H and O–H groups in total. The monoisotopic (exact) mass is 307 g/mol. The molecule has 0 saturated carbocycles. The van der Waals surface area contributed by atoms with Gasteiger partial charge in [0, 0.05) is 0 Å². The van der Waals surface area contributed by atoms with Gasteiger partial charge in [0.1, 0.15) is 0 Å². The largest absolute Gasteiger partial charge is 0.492 e. The lowest BCUT2D eigenvalue weighted by molar-refractivity contribution is 0.446. The minimum atomic E-state index is -0.510. The lowest BCUT2D eigenvalue weighted by Gasteiger charge is -2.02. The van der Waals surface area contributed by atoms with E-state index < -0.39 is 11.2 Å². The molecule has 23 heavy (non-hydrogen) atoms. The van der Waals surface area contributed by atoms with Crippen LogP contribution in [0.5, 0.6) is 5.88 Å². The number of aromatic nitrogens is 3. The first-order valence-corrected chi connectivity index (χ1v) is 7.12. The van der Waals surface area contributed by atoms with Gasteiger partial charge in [-0.1, -0.05) is 29.8 Å². The summed E-state index contributed by atoms with van der Waals surface area (Å²) < 4.78 is 2.37. The molecule has 6 nitrogen and oxygen atoms in total. The molecule has 0 amide bonds. The third-order valence-electron chi connectivity index (χ3n) is 3.93. The Hall–Kier alpha value is -3.28. The number of rotatable bonds is 1. The number of nitrogens with zero attached hydrogens (tertiary/aromatic N) is 2. The van der Waals surface area contributed by atoms with Gasteiger partial charge in [0.15, 0.2) is 5.52 Å². The Kier molecular flexibility index (Phi) is 2.68. The molecule has 0 unspecified atom stereocenters. The van der Waals surface area contributed by atoms with Crippen molar-refractivity contribution in [3.8, 4) is 11.6 Å². The molecule has 0 saturated heterocycles. The first-order valence-electron chi connectivity index (χ1n) is 7.12. The highest BCUT2D eigenvalue weighted by Gasteiger charge is 2.19. The second-order valence-corrected chi connectivity index (χ2v) is 5.43. The highest BCUT2D eigenvalue weighted by molar-refractivity contribution is 5.79. The first-order chi connectivity index (χ1) is 11.1. The van der Waals surface area contributed by atoms with Crippen molar-refractivity contribution in [3.63, 3.8) is 0 Å². The van der Waals surface area contributed by atoms with Crippen molar-refractivity contribution >= 4 is 16.6 Å². The smallest absolute Gasteiger partial charge is 0.341 e. The Morgan fingerprint density at radius 2 is 1.70 bits per heavy atom. The Morgan fingerprint density at radius 1 is 1.00 bits per heavy atom. The van der Waals surface area contributed by atoms with E-state index in [1.165, 1.54) is 4.40 Å². The van der Waals surface area contributed by atoms with Gasteiger partial charge in [-0.25, -0.2) is 13.8 Å². The van der Waals surface area contributed by atoms with Crippen LogP contribution in [-0.2, 0) is 0 Å². The van der Waals surface area contributed by atoms with Crippen LogP contribution in [0.25, 0.3) is 22.2 Å². The molecule has 2 heterocycles. The van der Waals surface area contributed by atoms with Crippen LogP contribution in [0.2, 0.25) is 0 Å². The van der Waals surface area contributed by atoms with Crippen molar-refractivity contribution in [3.05, 3.63) is 74.9 Å². The molecule has 0 aliphatic heterocycles.